The third-order valence-electron chi connectivity index (χ3n) is 3.11. The van der Waals surface area contributed by atoms with E-state index < -0.39 is 11.6 Å². The highest BCUT2D eigenvalue weighted by molar-refractivity contribution is 5.34. The first-order valence-corrected chi connectivity index (χ1v) is 6.53. The molecular formula is C16H17F2NO. The molecule has 1 unspecified atom stereocenters. The Morgan fingerprint density at radius 3 is 2.10 bits per heavy atom. The molecule has 0 bridgehead atoms. The molecule has 106 valence electrons. The van der Waals surface area contributed by atoms with Gasteiger partial charge in [0, 0.05) is 24.2 Å². The molecule has 0 heterocycles. The minimum Gasteiger partial charge on any atom is -0.457 e. The summed E-state index contributed by atoms with van der Waals surface area (Å²) < 4.78 is 31.6. The van der Waals surface area contributed by atoms with Crippen LogP contribution in [0.4, 0.5) is 8.78 Å². The molecule has 0 aliphatic carbocycles. The van der Waals surface area contributed by atoms with E-state index in [4.69, 9.17) is 4.74 Å². The van der Waals surface area contributed by atoms with E-state index in [2.05, 4.69) is 12.2 Å². The van der Waals surface area contributed by atoms with E-state index >= 15 is 0 Å². The van der Waals surface area contributed by atoms with Crippen molar-refractivity contribution in [2.45, 2.75) is 19.4 Å². The Hall–Kier alpha value is -1.94. The molecule has 0 aliphatic rings. The number of ether oxygens (including phenoxy) is 1. The fourth-order valence-corrected chi connectivity index (χ4v) is 2.10. The van der Waals surface area contributed by atoms with Crippen molar-refractivity contribution in [3.05, 3.63) is 59.7 Å². The molecule has 0 saturated heterocycles. The molecule has 2 rings (SSSR count). The summed E-state index contributed by atoms with van der Waals surface area (Å²) in [4.78, 5) is 0. The maximum Gasteiger partial charge on any atom is 0.133 e. The van der Waals surface area contributed by atoms with Gasteiger partial charge in [-0.25, -0.2) is 8.78 Å². The van der Waals surface area contributed by atoms with Crippen LogP contribution in [0.15, 0.2) is 42.5 Å². The van der Waals surface area contributed by atoms with Gasteiger partial charge in [0.2, 0.25) is 0 Å². The second kappa shape index (κ2) is 6.48. The van der Waals surface area contributed by atoms with Crippen molar-refractivity contribution >= 4 is 0 Å². The van der Waals surface area contributed by atoms with Gasteiger partial charge in [0.05, 0.1) is 0 Å². The van der Waals surface area contributed by atoms with Crippen molar-refractivity contribution in [3.63, 3.8) is 0 Å². The summed E-state index contributed by atoms with van der Waals surface area (Å²) in [6.45, 7) is 2.10. The van der Waals surface area contributed by atoms with Crippen LogP contribution in [-0.2, 0) is 0 Å². The zero-order chi connectivity index (χ0) is 14.5. The topological polar surface area (TPSA) is 21.3 Å². The average molecular weight is 277 g/mol. The molecule has 0 spiro atoms. The van der Waals surface area contributed by atoms with Gasteiger partial charge in [-0.1, -0.05) is 19.1 Å². The minimum absolute atomic E-state index is 0.149. The molecule has 0 aromatic heterocycles. The number of benzene rings is 2. The molecule has 0 saturated carbocycles. The second-order valence-corrected chi connectivity index (χ2v) is 4.53. The Morgan fingerprint density at radius 2 is 1.60 bits per heavy atom. The Bertz CT molecular complexity index is 545. The number of nitrogens with one attached hydrogen (secondary N) is 1. The molecule has 0 radical (unpaired) electrons. The lowest BCUT2D eigenvalue weighted by molar-refractivity contribution is 0.467. The van der Waals surface area contributed by atoms with Gasteiger partial charge in [-0.2, -0.15) is 0 Å². The third kappa shape index (κ3) is 3.54. The zero-order valence-corrected chi connectivity index (χ0v) is 11.5. The molecule has 2 aromatic rings. The molecule has 20 heavy (non-hydrogen) atoms. The van der Waals surface area contributed by atoms with Crippen LogP contribution in [0, 0.1) is 11.6 Å². The molecule has 0 aliphatic heterocycles. The highest BCUT2D eigenvalue weighted by Crippen LogP contribution is 2.25. The largest absolute Gasteiger partial charge is 0.457 e. The van der Waals surface area contributed by atoms with Crippen LogP contribution < -0.4 is 10.1 Å². The molecular weight excluding hydrogens is 260 g/mol. The van der Waals surface area contributed by atoms with Gasteiger partial charge in [0.1, 0.15) is 23.1 Å². The monoisotopic (exact) mass is 277 g/mol. The summed E-state index contributed by atoms with van der Waals surface area (Å²) in [5.41, 5.74) is 1.15. The molecule has 1 atom stereocenters. The first kappa shape index (κ1) is 14.5. The molecule has 4 heteroatoms. The van der Waals surface area contributed by atoms with E-state index in [1.807, 2.05) is 19.2 Å². The van der Waals surface area contributed by atoms with Gasteiger partial charge in [0.25, 0.3) is 0 Å². The van der Waals surface area contributed by atoms with E-state index in [1.165, 1.54) is 0 Å². The number of hydrogen-bond acceptors (Lipinski definition) is 2. The van der Waals surface area contributed by atoms with Crippen LogP contribution >= 0.6 is 0 Å². The van der Waals surface area contributed by atoms with E-state index in [0.29, 0.717) is 5.75 Å². The highest BCUT2D eigenvalue weighted by Gasteiger charge is 2.07. The van der Waals surface area contributed by atoms with E-state index in [0.717, 1.165) is 30.2 Å². The Labute approximate surface area is 117 Å². The first-order chi connectivity index (χ1) is 9.62. The highest BCUT2D eigenvalue weighted by atomic mass is 19.1. The Kier molecular flexibility index (Phi) is 4.69. The van der Waals surface area contributed by atoms with Crippen molar-refractivity contribution < 1.29 is 13.5 Å². The summed E-state index contributed by atoms with van der Waals surface area (Å²) in [5, 5.41) is 3.21. The quantitative estimate of drug-likeness (QED) is 0.873. The summed E-state index contributed by atoms with van der Waals surface area (Å²) in [6.07, 6.45) is 0.978. The average Bonchev–Trinajstić information content (AvgIpc) is 2.41. The SMILES string of the molecule is CCC(NC)c1ccc(Oc2cc(F)cc(F)c2)cc1. The van der Waals surface area contributed by atoms with Crippen molar-refractivity contribution in [3.8, 4) is 11.5 Å². The van der Waals surface area contributed by atoms with E-state index in [9.17, 15) is 8.78 Å². The summed E-state index contributed by atoms with van der Waals surface area (Å²) in [5.74, 6) is -0.615. The van der Waals surface area contributed by atoms with Gasteiger partial charge in [-0.3, -0.25) is 0 Å². The van der Waals surface area contributed by atoms with Crippen LogP contribution in [0.3, 0.4) is 0 Å². The lowest BCUT2D eigenvalue weighted by Gasteiger charge is -2.14. The van der Waals surface area contributed by atoms with Crippen molar-refractivity contribution in [2.24, 2.45) is 0 Å². The summed E-state index contributed by atoms with van der Waals surface area (Å²) >= 11 is 0. The number of rotatable bonds is 5. The first-order valence-electron chi connectivity index (χ1n) is 6.53. The van der Waals surface area contributed by atoms with Crippen LogP contribution in [0.25, 0.3) is 0 Å². The standard InChI is InChI=1S/C16H17F2NO/c1-3-16(19-2)11-4-6-14(7-5-11)20-15-9-12(17)8-13(18)10-15/h4-10,16,19H,3H2,1-2H3. The summed E-state index contributed by atoms with van der Waals surface area (Å²) in [7, 11) is 1.91. The van der Waals surface area contributed by atoms with Crippen molar-refractivity contribution in [1.82, 2.24) is 5.32 Å². The molecule has 2 aromatic carbocycles. The van der Waals surface area contributed by atoms with Crippen LogP contribution in [0.5, 0.6) is 11.5 Å². The molecule has 2 nitrogen and oxygen atoms in total. The maximum atomic E-state index is 13.1. The smallest absolute Gasteiger partial charge is 0.133 e. The Balaban J connectivity index is 2.14. The third-order valence-corrected chi connectivity index (χ3v) is 3.11. The molecule has 0 amide bonds. The maximum absolute atomic E-state index is 13.1. The van der Waals surface area contributed by atoms with Crippen LogP contribution in [0.1, 0.15) is 24.9 Å². The van der Waals surface area contributed by atoms with Crippen molar-refractivity contribution in [2.75, 3.05) is 7.05 Å². The zero-order valence-electron chi connectivity index (χ0n) is 11.5. The van der Waals surface area contributed by atoms with Gasteiger partial charge in [0.15, 0.2) is 0 Å². The van der Waals surface area contributed by atoms with Crippen LogP contribution in [0.2, 0.25) is 0 Å². The second-order valence-electron chi connectivity index (χ2n) is 4.53. The summed E-state index contributed by atoms with van der Waals surface area (Å²) in [6, 6.07) is 10.9. The van der Waals surface area contributed by atoms with Gasteiger partial charge >= 0.3 is 0 Å². The predicted molar refractivity (Wildman–Crippen MR) is 75.0 cm³/mol. The number of hydrogen-bond donors (Lipinski definition) is 1. The fraction of sp³-hybridized carbons (Fsp3) is 0.250. The molecule has 0 fully saturated rings. The Morgan fingerprint density at radius 1 is 1.00 bits per heavy atom. The fourth-order valence-electron chi connectivity index (χ4n) is 2.10. The normalized spacial score (nSPS) is 12.2. The van der Waals surface area contributed by atoms with Gasteiger partial charge in [-0.15, -0.1) is 0 Å². The minimum atomic E-state index is -0.655. The van der Waals surface area contributed by atoms with Gasteiger partial charge < -0.3 is 10.1 Å². The predicted octanol–water partition coefficient (Wildman–Crippen LogP) is 4.43. The van der Waals surface area contributed by atoms with Crippen LogP contribution in [-0.4, -0.2) is 7.05 Å². The lowest BCUT2D eigenvalue weighted by Crippen LogP contribution is -2.14. The van der Waals surface area contributed by atoms with E-state index in [-0.39, 0.29) is 11.8 Å². The van der Waals surface area contributed by atoms with Crippen molar-refractivity contribution in [1.29, 1.82) is 0 Å². The molecule has 1 N–H and O–H groups in total. The number of halogens is 2. The lowest BCUT2D eigenvalue weighted by atomic mass is 10.0. The van der Waals surface area contributed by atoms with E-state index in [1.54, 1.807) is 12.1 Å². The van der Waals surface area contributed by atoms with Gasteiger partial charge in [-0.05, 0) is 31.2 Å².